The van der Waals surface area contributed by atoms with E-state index in [1.54, 1.807) is 39.1 Å². The Kier molecular flexibility index (Phi) is 7.58. The summed E-state index contributed by atoms with van der Waals surface area (Å²) in [5.74, 6) is -1.16. The minimum absolute atomic E-state index is 0.0405. The van der Waals surface area contributed by atoms with Crippen LogP contribution < -0.4 is 16.0 Å². The van der Waals surface area contributed by atoms with Crippen LogP contribution in [0.5, 0.6) is 0 Å². The topological polar surface area (TPSA) is 123 Å². The van der Waals surface area contributed by atoms with Gasteiger partial charge in [0.1, 0.15) is 17.5 Å². The Morgan fingerprint density at radius 1 is 1.15 bits per heavy atom. The number of amides is 2. The zero-order valence-electron chi connectivity index (χ0n) is 19.2. The fraction of sp³-hybridized carbons (Fsp3) is 0.333. The number of aryl methyl sites for hydroxylation is 1. The third-order valence-corrected chi connectivity index (χ3v) is 5.24. The number of benzene rings is 1. The van der Waals surface area contributed by atoms with E-state index in [2.05, 4.69) is 32.0 Å². The summed E-state index contributed by atoms with van der Waals surface area (Å²) in [4.78, 5) is 21.0. The second-order valence-corrected chi connectivity index (χ2v) is 8.47. The van der Waals surface area contributed by atoms with E-state index in [9.17, 15) is 13.6 Å². The van der Waals surface area contributed by atoms with Gasteiger partial charge in [-0.1, -0.05) is 0 Å². The molecule has 2 heterocycles. The summed E-state index contributed by atoms with van der Waals surface area (Å²) in [5.41, 5.74) is 0.851. The molecule has 8 nitrogen and oxygen atoms in total. The van der Waals surface area contributed by atoms with Crippen molar-refractivity contribution in [1.29, 1.82) is 5.26 Å². The Bertz CT molecular complexity index is 1260. The molecule has 0 aliphatic rings. The number of nitriles is 1. The Labute approximate surface area is 196 Å². The molecule has 3 rings (SSSR count). The van der Waals surface area contributed by atoms with Crippen LogP contribution in [0, 0.1) is 35.3 Å². The lowest BCUT2D eigenvalue weighted by Gasteiger charge is -2.16. The summed E-state index contributed by atoms with van der Waals surface area (Å²) < 4.78 is 29.1. The van der Waals surface area contributed by atoms with Gasteiger partial charge in [-0.05, 0) is 39.3 Å². The van der Waals surface area contributed by atoms with Crippen molar-refractivity contribution < 1.29 is 18.7 Å². The van der Waals surface area contributed by atoms with Crippen molar-refractivity contribution in [3.05, 3.63) is 47.8 Å². The standard InChI is InChI=1S/C24H26F2N6O2/c1-14-16(8-15-12-30-22(28-6-7-33)11-20(15)31-14)17-9-21(19(26)10-18(17)25)32-23(34)29-5-4-24(2,3)13-27/h8-12,33H,4-7H2,1-3H3,(H,28,30)(H2,29,32,34). The molecule has 4 N–H and O–H groups in total. The number of aliphatic hydroxyl groups is 1. The van der Waals surface area contributed by atoms with Crippen LogP contribution >= 0.6 is 0 Å². The van der Waals surface area contributed by atoms with Crippen LogP contribution in [0.4, 0.5) is 25.1 Å². The van der Waals surface area contributed by atoms with E-state index >= 15 is 0 Å². The van der Waals surface area contributed by atoms with Crippen molar-refractivity contribution in [3.63, 3.8) is 0 Å². The van der Waals surface area contributed by atoms with E-state index in [1.807, 2.05) is 0 Å². The van der Waals surface area contributed by atoms with Crippen LogP contribution in [0.25, 0.3) is 22.0 Å². The van der Waals surface area contributed by atoms with E-state index in [1.165, 1.54) is 6.07 Å². The van der Waals surface area contributed by atoms with E-state index in [0.717, 1.165) is 0 Å². The van der Waals surface area contributed by atoms with Crippen molar-refractivity contribution >= 4 is 28.4 Å². The van der Waals surface area contributed by atoms with Crippen molar-refractivity contribution in [2.45, 2.75) is 27.2 Å². The number of anilines is 2. The van der Waals surface area contributed by atoms with Crippen LogP contribution in [0.15, 0.2) is 30.5 Å². The normalized spacial score (nSPS) is 11.2. The lowest BCUT2D eigenvalue weighted by molar-refractivity contribution is 0.250. The maximum Gasteiger partial charge on any atom is 0.319 e. The number of urea groups is 1. The van der Waals surface area contributed by atoms with Crippen LogP contribution in [-0.4, -0.2) is 40.8 Å². The lowest BCUT2D eigenvalue weighted by Crippen LogP contribution is -2.32. The highest BCUT2D eigenvalue weighted by atomic mass is 19.1. The molecule has 0 unspecified atom stereocenters. The molecule has 2 amide bonds. The number of aliphatic hydroxyl groups excluding tert-OH is 1. The van der Waals surface area contributed by atoms with Crippen LogP contribution in [0.3, 0.4) is 0 Å². The second kappa shape index (κ2) is 10.4. The molecular weight excluding hydrogens is 442 g/mol. The average Bonchev–Trinajstić information content (AvgIpc) is 2.79. The number of fused-ring (bicyclic) bond motifs is 1. The summed E-state index contributed by atoms with van der Waals surface area (Å²) in [5, 5.41) is 26.6. The molecule has 1 aromatic carbocycles. The highest BCUT2D eigenvalue weighted by Gasteiger charge is 2.18. The van der Waals surface area contributed by atoms with Gasteiger partial charge in [-0.15, -0.1) is 0 Å². The molecule has 0 aliphatic heterocycles. The number of carbonyl (C=O) groups excluding carboxylic acids is 1. The highest BCUT2D eigenvalue weighted by molar-refractivity contribution is 5.91. The van der Waals surface area contributed by atoms with E-state index in [4.69, 9.17) is 10.4 Å². The van der Waals surface area contributed by atoms with Gasteiger partial charge in [0.15, 0.2) is 0 Å². The van der Waals surface area contributed by atoms with Gasteiger partial charge < -0.3 is 21.1 Å². The molecule has 10 heteroatoms. The van der Waals surface area contributed by atoms with E-state index < -0.39 is 23.1 Å². The fourth-order valence-corrected chi connectivity index (χ4v) is 3.28. The number of halogens is 2. The summed E-state index contributed by atoms with van der Waals surface area (Å²) >= 11 is 0. The monoisotopic (exact) mass is 468 g/mol. The quantitative estimate of drug-likeness (QED) is 0.390. The summed E-state index contributed by atoms with van der Waals surface area (Å²) in [6.07, 6.45) is 1.99. The Morgan fingerprint density at radius 3 is 2.62 bits per heavy atom. The van der Waals surface area contributed by atoms with Gasteiger partial charge in [-0.25, -0.2) is 18.6 Å². The molecule has 0 spiro atoms. The molecule has 0 aliphatic carbocycles. The van der Waals surface area contributed by atoms with Gasteiger partial charge in [0.05, 0.1) is 29.3 Å². The first-order chi connectivity index (χ1) is 16.1. The number of pyridine rings is 2. The predicted octanol–water partition coefficient (Wildman–Crippen LogP) is 4.35. The number of rotatable bonds is 8. The summed E-state index contributed by atoms with van der Waals surface area (Å²) in [6, 6.07) is 6.83. The predicted molar refractivity (Wildman–Crippen MR) is 126 cm³/mol. The van der Waals surface area contributed by atoms with Gasteiger partial charge in [-0.2, -0.15) is 5.26 Å². The number of carbonyl (C=O) groups is 1. The van der Waals surface area contributed by atoms with Gasteiger partial charge in [0.25, 0.3) is 0 Å². The molecule has 0 saturated carbocycles. The smallest absolute Gasteiger partial charge is 0.319 e. The van der Waals surface area contributed by atoms with Gasteiger partial charge in [-0.3, -0.25) is 4.98 Å². The Balaban J connectivity index is 1.86. The molecule has 0 radical (unpaired) electrons. The maximum absolute atomic E-state index is 14.7. The number of hydrogen-bond donors (Lipinski definition) is 4. The average molecular weight is 469 g/mol. The molecule has 178 valence electrons. The van der Waals surface area contributed by atoms with Gasteiger partial charge in [0.2, 0.25) is 0 Å². The minimum Gasteiger partial charge on any atom is -0.395 e. The number of nitrogens with one attached hydrogen (secondary N) is 3. The van der Waals surface area contributed by atoms with Gasteiger partial charge >= 0.3 is 6.03 Å². The molecule has 0 fully saturated rings. The molecule has 0 bridgehead atoms. The molecule has 34 heavy (non-hydrogen) atoms. The zero-order valence-corrected chi connectivity index (χ0v) is 19.2. The molecule has 3 aromatic rings. The Hall–Kier alpha value is -3.84. The van der Waals surface area contributed by atoms with E-state index in [0.29, 0.717) is 47.0 Å². The first-order valence-corrected chi connectivity index (χ1v) is 10.7. The van der Waals surface area contributed by atoms with Crippen LogP contribution in [0.1, 0.15) is 26.0 Å². The van der Waals surface area contributed by atoms with Crippen molar-refractivity contribution in [2.75, 3.05) is 30.3 Å². The molecule has 0 saturated heterocycles. The zero-order chi connectivity index (χ0) is 24.9. The molecule has 0 atom stereocenters. The van der Waals surface area contributed by atoms with Crippen LogP contribution in [0.2, 0.25) is 0 Å². The largest absolute Gasteiger partial charge is 0.395 e. The van der Waals surface area contributed by atoms with Crippen molar-refractivity contribution in [1.82, 2.24) is 15.3 Å². The third kappa shape index (κ3) is 5.94. The second-order valence-electron chi connectivity index (χ2n) is 8.47. The number of aromatic nitrogens is 2. The SMILES string of the molecule is Cc1nc2cc(NCCO)ncc2cc1-c1cc(NC(=O)NCCC(C)(C)C#N)c(F)cc1F. The summed E-state index contributed by atoms with van der Waals surface area (Å²) in [6.45, 7) is 5.73. The number of hydrogen-bond acceptors (Lipinski definition) is 6. The van der Waals surface area contributed by atoms with E-state index in [-0.39, 0.29) is 24.4 Å². The first-order valence-electron chi connectivity index (χ1n) is 10.7. The summed E-state index contributed by atoms with van der Waals surface area (Å²) in [7, 11) is 0. The maximum atomic E-state index is 14.7. The van der Waals surface area contributed by atoms with Crippen molar-refractivity contribution in [2.24, 2.45) is 5.41 Å². The molecular formula is C24H26F2N6O2. The highest BCUT2D eigenvalue weighted by Crippen LogP contribution is 2.32. The number of nitrogens with zero attached hydrogens (tertiary/aromatic N) is 3. The van der Waals surface area contributed by atoms with Crippen molar-refractivity contribution in [3.8, 4) is 17.2 Å². The van der Waals surface area contributed by atoms with Crippen LogP contribution in [-0.2, 0) is 0 Å². The first kappa shape index (κ1) is 24.8. The lowest BCUT2D eigenvalue weighted by atomic mass is 9.92. The minimum atomic E-state index is -0.915. The third-order valence-electron chi connectivity index (χ3n) is 5.24. The van der Waals surface area contributed by atoms with Gasteiger partial charge in [0, 0.05) is 53.6 Å². The Morgan fingerprint density at radius 2 is 1.91 bits per heavy atom. The molecule has 2 aromatic heterocycles. The fourth-order valence-electron chi connectivity index (χ4n) is 3.28.